The molecule has 2 aromatic heterocycles. The third-order valence-corrected chi connectivity index (χ3v) is 11.5. The van der Waals surface area contributed by atoms with Crippen molar-refractivity contribution in [2.75, 3.05) is 44.7 Å². The molecule has 14 nitrogen and oxygen atoms in total. The number of carbonyl (C=O) groups excluding carboxylic acids is 2. The van der Waals surface area contributed by atoms with E-state index >= 15 is 0 Å². The van der Waals surface area contributed by atoms with Crippen LogP contribution in [0.1, 0.15) is 31.2 Å². The number of sulfonamides is 1. The maximum atomic E-state index is 14.2. The van der Waals surface area contributed by atoms with Crippen molar-refractivity contribution >= 4 is 39.9 Å². The molecular formula is C34H43ClN10O4S. The number of aromatic nitrogens is 5. The summed E-state index contributed by atoms with van der Waals surface area (Å²) in [5.74, 6) is -0.228. The zero-order valence-corrected chi connectivity index (χ0v) is 29.5. The summed E-state index contributed by atoms with van der Waals surface area (Å²) < 4.78 is 28.2. The quantitative estimate of drug-likeness (QED) is 0.207. The number of nitrogens with two attached hydrogens (primary N) is 2. The number of likely N-dealkylation sites (N-methyl/N-ethyl adjacent to an activating group) is 1. The fourth-order valence-corrected chi connectivity index (χ4v) is 8.04. The highest BCUT2D eigenvalue weighted by Gasteiger charge is 2.36. The van der Waals surface area contributed by atoms with E-state index < -0.39 is 22.0 Å². The van der Waals surface area contributed by atoms with Crippen molar-refractivity contribution in [1.29, 1.82) is 0 Å². The fourth-order valence-electron chi connectivity index (χ4n) is 6.63. The number of anilines is 1. The van der Waals surface area contributed by atoms with Gasteiger partial charge in [-0.3, -0.25) is 19.5 Å². The van der Waals surface area contributed by atoms with E-state index in [-0.39, 0.29) is 35.5 Å². The summed E-state index contributed by atoms with van der Waals surface area (Å²) in [7, 11) is -1.71. The largest absolute Gasteiger partial charge is 0.368 e. The summed E-state index contributed by atoms with van der Waals surface area (Å²) in [6.07, 6.45) is 6.28. The number of hydrogen-bond donors (Lipinski definition) is 3. The van der Waals surface area contributed by atoms with Crippen molar-refractivity contribution in [3.8, 4) is 22.5 Å². The molecule has 16 heteroatoms. The normalized spacial score (nSPS) is 19.3. The van der Waals surface area contributed by atoms with Crippen LogP contribution in [0.5, 0.6) is 0 Å². The first-order valence-electron chi connectivity index (χ1n) is 16.5. The summed E-state index contributed by atoms with van der Waals surface area (Å²) in [6, 6.07) is 15.2. The number of nitrogens with one attached hydrogen (secondary N) is 1. The number of nitrogens with zero attached hydrogens (tertiary/aromatic N) is 7. The maximum absolute atomic E-state index is 14.2. The Bertz CT molecular complexity index is 1840. The molecule has 0 radical (unpaired) electrons. The number of aromatic amines is 1. The molecule has 4 aromatic rings. The van der Waals surface area contributed by atoms with Gasteiger partial charge in [0.05, 0.1) is 0 Å². The van der Waals surface area contributed by atoms with Gasteiger partial charge in [0.15, 0.2) is 0 Å². The smallest absolute Gasteiger partial charge is 0.244 e. The molecule has 3 heterocycles. The Kier molecular flexibility index (Phi) is 12.0. The number of primary amides is 1. The molecule has 266 valence electrons. The Hall–Kier alpha value is -4.28. The lowest BCUT2D eigenvalue weighted by Crippen LogP contribution is -2.52. The van der Waals surface area contributed by atoms with E-state index in [1.807, 2.05) is 31.3 Å². The van der Waals surface area contributed by atoms with E-state index in [4.69, 9.17) is 11.5 Å². The van der Waals surface area contributed by atoms with Gasteiger partial charge in [-0.25, -0.2) is 8.42 Å². The minimum atomic E-state index is -3.69. The van der Waals surface area contributed by atoms with Crippen LogP contribution in [0.15, 0.2) is 71.9 Å². The molecule has 2 aromatic carbocycles. The lowest BCUT2D eigenvalue weighted by molar-refractivity contribution is -0.127. The first-order chi connectivity index (χ1) is 23.6. The first-order valence-corrected chi connectivity index (χ1v) is 18.0. The average Bonchev–Trinajstić information content (AvgIpc) is 3.67. The number of carbonyl (C=O) groups is 2. The molecule has 1 aliphatic carbocycles. The Morgan fingerprint density at radius 3 is 2.20 bits per heavy atom. The summed E-state index contributed by atoms with van der Waals surface area (Å²) >= 11 is 0. The predicted octanol–water partition coefficient (Wildman–Crippen LogP) is 2.48. The van der Waals surface area contributed by atoms with Crippen LogP contribution in [0.4, 0.5) is 5.69 Å². The van der Waals surface area contributed by atoms with Crippen LogP contribution in [-0.4, -0.2) is 101 Å². The maximum Gasteiger partial charge on any atom is 0.244 e. The molecule has 2 aliphatic rings. The van der Waals surface area contributed by atoms with Crippen molar-refractivity contribution in [3.63, 3.8) is 0 Å². The first kappa shape index (κ1) is 37.0. The number of piperazine rings is 1. The van der Waals surface area contributed by atoms with E-state index in [1.165, 1.54) is 10.5 Å². The van der Waals surface area contributed by atoms with Crippen LogP contribution in [0.2, 0.25) is 0 Å². The number of rotatable bonds is 11. The van der Waals surface area contributed by atoms with E-state index in [1.54, 1.807) is 41.4 Å². The topological polar surface area (TPSA) is 197 Å². The molecule has 2 amide bonds. The number of amides is 2. The van der Waals surface area contributed by atoms with Gasteiger partial charge in [-0.15, -0.1) is 22.6 Å². The van der Waals surface area contributed by atoms with E-state index in [2.05, 4.69) is 30.5 Å². The van der Waals surface area contributed by atoms with Gasteiger partial charge >= 0.3 is 0 Å². The van der Waals surface area contributed by atoms with Gasteiger partial charge in [-0.1, -0.05) is 24.3 Å². The monoisotopic (exact) mass is 722 g/mol. The molecule has 50 heavy (non-hydrogen) atoms. The van der Waals surface area contributed by atoms with E-state index in [9.17, 15) is 18.0 Å². The van der Waals surface area contributed by atoms with Gasteiger partial charge in [0, 0.05) is 67.7 Å². The second-order valence-electron chi connectivity index (χ2n) is 12.9. The lowest BCUT2D eigenvalue weighted by atomic mass is 9.81. The molecule has 1 saturated carbocycles. The van der Waals surface area contributed by atoms with Gasteiger partial charge in [-0.05, 0) is 91.9 Å². The minimum absolute atomic E-state index is 0. The molecule has 0 bridgehead atoms. The summed E-state index contributed by atoms with van der Waals surface area (Å²) in [5, 5.41) is 14.1. The molecule has 5 N–H and O–H groups in total. The summed E-state index contributed by atoms with van der Waals surface area (Å²) in [6.45, 7) is 2.79. The zero-order chi connectivity index (χ0) is 34.5. The molecular weight excluding hydrogens is 680 g/mol. The third-order valence-electron chi connectivity index (χ3n) is 9.69. The Labute approximate surface area is 298 Å². The molecule has 6 rings (SSSR count). The number of tetrazole rings is 1. The van der Waals surface area contributed by atoms with Crippen molar-refractivity contribution in [3.05, 3.63) is 72.6 Å². The molecule has 0 spiro atoms. The number of hydrogen-bond acceptors (Lipinski definition) is 10. The average molecular weight is 723 g/mol. The molecule has 1 aliphatic heterocycles. The van der Waals surface area contributed by atoms with Crippen LogP contribution in [-0.2, 0) is 26.0 Å². The molecule has 1 atom stereocenters. The summed E-state index contributed by atoms with van der Waals surface area (Å²) in [5.41, 5.74) is 15.4. The van der Waals surface area contributed by atoms with Gasteiger partial charge in [0.1, 0.15) is 10.9 Å². The molecule has 0 unspecified atom stereocenters. The Balaban J connectivity index is 0.00000486. The van der Waals surface area contributed by atoms with Gasteiger partial charge < -0.3 is 16.4 Å². The van der Waals surface area contributed by atoms with E-state index in [0.717, 1.165) is 24.0 Å². The minimum Gasteiger partial charge on any atom is -0.368 e. The van der Waals surface area contributed by atoms with Crippen LogP contribution in [0, 0.1) is 11.8 Å². The second kappa shape index (κ2) is 16.2. The van der Waals surface area contributed by atoms with Gasteiger partial charge in [0.2, 0.25) is 27.7 Å². The van der Waals surface area contributed by atoms with Gasteiger partial charge in [-0.2, -0.15) is 9.52 Å². The van der Waals surface area contributed by atoms with Crippen LogP contribution in [0.3, 0.4) is 0 Å². The lowest BCUT2D eigenvalue weighted by Gasteiger charge is -2.35. The fraction of sp³-hybridized carbons (Fsp3) is 0.412. The highest BCUT2D eigenvalue weighted by molar-refractivity contribution is 7.89. The van der Waals surface area contributed by atoms with Crippen LogP contribution >= 0.6 is 12.4 Å². The molecule has 2 fully saturated rings. The Morgan fingerprint density at radius 1 is 0.940 bits per heavy atom. The van der Waals surface area contributed by atoms with Crippen molar-refractivity contribution in [2.24, 2.45) is 23.3 Å². The summed E-state index contributed by atoms with van der Waals surface area (Å²) in [4.78, 5) is 35.4. The van der Waals surface area contributed by atoms with Crippen molar-refractivity contribution < 1.29 is 18.0 Å². The SMILES string of the molecule is CN1CCN(S(=O)(=O)c2cncc(-c3ccc(C[C@@H](C(N)=O)N(C(=O)C4CCC(CN)CC4)c4ccc(-c5nn[nH]n5)cc4)cc3)c2)CC1.Cl. The Morgan fingerprint density at radius 2 is 1.60 bits per heavy atom. The molecule has 1 saturated heterocycles. The van der Waals surface area contributed by atoms with Crippen LogP contribution in [0.25, 0.3) is 22.5 Å². The number of H-pyrrole nitrogens is 1. The van der Waals surface area contributed by atoms with Crippen molar-refractivity contribution in [2.45, 2.75) is 43.0 Å². The highest BCUT2D eigenvalue weighted by atomic mass is 35.5. The van der Waals surface area contributed by atoms with Crippen LogP contribution < -0.4 is 16.4 Å². The second-order valence-corrected chi connectivity index (χ2v) is 14.8. The van der Waals surface area contributed by atoms with Gasteiger partial charge in [0.25, 0.3) is 0 Å². The third kappa shape index (κ3) is 8.19. The highest BCUT2D eigenvalue weighted by Crippen LogP contribution is 2.33. The number of benzene rings is 2. The number of halogens is 1. The predicted molar refractivity (Wildman–Crippen MR) is 191 cm³/mol. The van der Waals surface area contributed by atoms with Crippen molar-refractivity contribution in [1.82, 2.24) is 34.8 Å². The zero-order valence-electron chi connectivity index (χ0n) is 27.9. The standard InChI is InChI=1S/C34H42N10O4S.ClH/c1-42-14-16-43(17-15-42)49(47,48)30-19-28(21-37-22-30)25-6-2-23(3-7-25)18-31(32(36)45)44(34(46)27-8-4-24(20-35)5-9-27)29-12-10-26(11-13-29)33-38-40-41-39-33;/h2-3,6-7,10-13,19,21-22,24,27,31H,4-5,8-9,14-18,20,35H2,1H3,(H2,36,45)(H,38,39,40,41);1H/t24?,27?,31-;/m0./s1. The van der Waals surface area contributed by atoms with E-state index in [0.29, 0.717) is 74.1 Å². The number of pyridine rings is 1.